The van der Waals surface area contributed by atoms with Gasteiger partial charge in [-0.2, -0.15) is 0 Å². The summed E-state index contributed by atoms with van der Waals surface area (Å²) in [7, 11) is 1.52. The highest BCUT2D eigenvalue weighted by atomic mass is 16.5. The van der Waals surface area contributed by atoms with E-state index in [1.807, 2.05) is 0 Å². The number of aliphatic hydroxyl groups excluding tert-OH is 1. The summed E-state index contributed by atoms with van der Waals surface area (Å²) < 4.78 is 10.9. The second-order valence-electron chi connectivity index (χ2n) is 4.55. The van der Waals surface area contributed by atoms with E-state index in [2.05, 4.69) is 0 Å². The number of Topliss-reactive ketones (excluding diaryl/α,β-unsaturated/α-hetero) is 1. The molecule has 0 aliphatic heterocycles. The molecule has 2 aromatic rings. The van der Waals surface area contributed by atoms with Crippen LogP contribution in [0.15, 0.2) is 36.4 Å². The van der Waals surface area contributed by atoms with E-state index in [9.17, 15) is 4.79 Å². The fourth-order valence-electron chi connectivity index (χ4n) is 1.95. The van der Waals surface area contributed by atoms with Gasteiger partial charge < -0.3 is 20.3 Å². The van der Waals surface area contributed by atoms with Crippen molar-refractivity contribution in [3.8, 4) is 17.2 Å². The van der Waals surface area contributed by atoms with E-state index >= 15 is 0 Å². The Hall–Kier alpha value is -2.53. The average Bonchev–Trinajstić information content (AvgIpc) is 2.47. The lowest BCUT2D eigenvalue weighted by Gasteiger charge is -2.12. The van der Waals surface area contributed by atoms with Crippen LogP contribution in [0.25, 0.3) is 0 Å². The van der Waals surface area contributed by atoms with Gasteiger partial charge in [0.2, 0.25) is 0 Å². The first-order valence-corrected chi connectivity index (χ1v) is 6.41. The quantitative estimate of drug-likeness (QED) is 0.652. The summed E-state index contributed by atoms with van der Waals surface area (Å²) in [5.74, 6) is 1.43. The lowest BCUT2D eigenvalue weighted by atomic mass is 10.1. The van der Waals surface area contributed by atoms with Crippen molar-refractivity contribution in [3.63, 3.8) is 0 Å². The van der Waals surface area contributed by atoms with Crippen LogP contribution in [-0.2, 0) is 6.61 Å². The van der Waals surface area contributed by atoms with Crippen molar-refractivity contribution in [1.29, 1.82) is 0 Å². The smallest absolute Gasteiger partial charge is 0.169 e. The number of carbonyl (C=O) groups is 1. The number of anilines is 1. The van der Waals surface area contributed by atoms with Crippen LogP contribution in [0.4, 0.5) is 5.69 Å². The third-order valence-electron chi connectivity index (χ3n) is 3.04. The summed E-state index contributed by atoms with van der Waals surface area (Å²) in [6, 6.07) is 10.0. The maximum Gasteiger partial charge on any atom is 0.169 e. The Balaban J connectivity index is 2.30. The molecule has 0 aromatic heterocycles. The van der Waals surface area contributed by atoms with Gasteiger partial charge in [-0.15, -0.1) is 0 Å². The molecule has 0 saturated heterocycles. The maximum atomic E-state index is 11.3. The summed E-state index contributed by atoms with van der Waals surface area (Å²) in [5, 5.41) is 9.11. The van der Waals surface area contributed by atoms with Gasteiger partial charge in [-0.25, -0.2) is 0 Å². The van der Waals surface area contributed by atoms with Gasteiger partial charge in [0.1, 0.15) is 5.75 Å². The highest BCUT2D eigenvalue weighted by molar-refractivity contribution is 5.99. The van der Waals surface area contributed by atoms with Crippen LogP contribution in [0.5, 0.6) is 17.2 Å². The largest absolute Gasteiger partial charge is 0.493 e. The number of benzene rings is 2. The van der Waals surface area contributed by atoms with Gasteiger partial charge >= 0.3 is 0 Å². The van der Waals surface area contributed by atoms with Gasteiger partial charge in [-0.1, -0.05) is 6.07 Å². The van der Waals surface area contributed by atoms with Crippen LogP contribution in [0.3, 0.4) is 0 Å². The number of hydrogen-bond acceptors (Lipinski definition) is 5. The molecule has 0 atom stereocenters. The van der Waals surface area contributed by atoms with E-state index in [1.165, 1.54) is 14.0 Å². The number of aliphatic hydroxyl groups is 1. The minimum Gasteiger partial charge on any atom is -0.493 e. The molecular weight excluding hydrogens is 270 g/mol. The van der Waals surface area contributed by atoms with Gasteiger partial charge in [0.05, 0.1) is 13.7 Å². The van der Waals surface area contributed by atoms with Crippen LogP contribution in [0.1, 0.15) is 22.8 Å². The monoisotopic (exact) mass is 287 g/mol. The van der Waals surface area contributed by atoms with Gasteiger partial charge in [0, 0.05) is 17.3 Å². The van der Waals surface area contributed by atoms with Gasteiger partial charge in [-0.3, -0.25) is 4.79 Å². The summed E-state index contributed by atoms with van der Waals surface area (Å²) in [4.78, 5) is 11.3. The Morgan fingerprint density at radius 2 is 1.95 bits per heavy atom. The number of carbonyl (C=O) groups excluding carboxylic acids is 1. The number of hydrogen-bond donors (Lipinski definition) is 2. The number of rotatable bonds is 5. The summed E-state index contributed by atoms with van der Waals surface area (Å²) in [6.45, 7) is 1.39. The minimum atomic E-state index is -0.0936. The summed E-state index contributed by atoms with van der Waals surface area (Å²) in [6.07, 6.45) is 0. The molecule has 5 nitrogen and oxygen atoms in total. The van der Waals surface area contributed by atoms with E-state index in [0.29, 0.717) is 28.5 Å². The molecule has 0 aliphatic rings. The van der Waals surface area contributed by atoms with Crippen molar-refractivity contribution in [2.45, 2.75) is 13.5 Å². The Morgan fingerprint density at radius 1 is 1.19 bits per heavy atom. The average molecular weight is 287 g/mol. The highest BCUT2D eigenvalue weighted by Gasteiger charge is 2.10. The van der Waals surface area contributed by atoms with Crippen molar-refractivity contribution in [3.05, 3.63) is 47.5 Å². The molecule has 0 spiro atoms. The van der Waals surface area contributed by atoms with E-state index in [1.54, 1.807) is 36.4 Å². The first kappa shape index (κ1) is 14.9. The fourth-order valence-corrected chi connectivity index (χ4v) is 1.95. The SMILES string of the molecule is COc1cc(CO)ccc1Oc1ccc(C(C)=O)c(N)c1. The summed E-state index contributed by atoms with van der Waals surface area (Å²) >= 11 is 0. The molecule has 0 unspecified atom stereocenters. The fraction of sp³-hybridized carbons (Fsp3) is 0.188. The van der Waals surface area contributed by atoms with Crippen molar-refractivity contribution in [1.82, 2.24) is 0 Å². The highest BCUT2D eigenvalue weighted by Crippen LogP contribution is 2.33. The topological polar surface area (TPSA) is 81.8 Å². The summed E-state index contributed by atoms with van der Waals surface area (Å²) in [5.41, 5.74) is 7.38. The molecule has 0 heterocycles. The van der Waals surface area contributed by atoms with Crippen molar-refractivity contribution in [2.24, 2.45) is 0 Å². The predicted molar refractivity (Wildman–Crippen MR) is 79.8 cm³/mol. The molecule has 0 fully saturated rings. The van der Waals surface area contributed by atoms with Crippen LogP contribution < -0.4 is 15.2 Å². The minimum absolute atomic E-state index is 0.0725. The molecule has 0 saturated carbocycles. The molecule has 5 heteroatoms. The number of nitrogens with two attached hydrogens (primary N) is 1. The van der Waals surface area contributed by atoms with Crippen molar-refractivity contribution in [2.75, 3.05) is 12.8 Å². The zero-order chi connectivity index (χ0) is 15.4. The number of methoxy groups -OCH3 is 1. The van der Waals surface area contributed by atoms with Gasteiger partial charge in [-0.05, 0) is 36.8 Å². The Labute approximate surface area is 122 Å². The Kier molecular flexibility index (Phi) is 4.45. The van der Waals surface area contributed by atoms with E-state index in [4.69, 9.17) is 20.3 Å². The molecule has 0 bridgehead atoms. The Morgan fingerprint density at radius 3 is 2.52 bits per heavy atom. The molecule has 0 radical (unpaired) electrons. The molecule has 21 heavy (non-hydrogen) atoms. The van der Waals surface area contributed by atoms with Crippen molar-refractivity contribution >= 4 is 11.5 Å². The molecule has 0 amide bonds. The third-order valence-corrected chi connectivity index (χ3v) is 3.04. The standard InChI is InChI=1S/C16H17NO4/c1-10(19)13-5-4-12(8-14(13)17)21-15-6-3-11(9-18)7-16(15)20-2/h3-8,18H,9,17H2,1-2H3. The molecular formula is C16H17NO4. The number of ether oxygens (including phenoxy) is 2. The maximum absolute atomic E-state index is 11.3. The van der Waals surface area contributed by atoms with Crippen LogP contribution in [-0.4, -0.2) is 18.0 Å². The first-order chi connectivity index (χ1) is 10.0. The lowest BCUT2D eigenvalue weighted by Crippen LogP contribution is -2.00. The zero-order valence-corrected chi connectivity index (χ0v) is 11.9. The van der Waals surface area contributed by atoms with Gasteiger partial charge in [0.15, 0.2) is 17.3 Å². The molecule has 2 rings (SSSR count). The van der Waals surface area contributed by atoms with Crippen LogP contribution in [0.2, 0.25) is 0 Å². The molecule has 110 valence electrons. The van der Waals surface area contributed by atoms with Crippen LogP contribution >= 0.6 is 0 Å². The third kappa shape index (κ3) is 3.32. The molecule has 2 aromatic carbocycles. The predicted octanol–water partition coefficient (Wildman–Crippen LogP) is 2.76. The Bertz CT molecular complexity index is 667. The van der Waals surface area contributed by atoms with Crippen molar-refractivity contribution < 1.29 is 19.4 Å². The normalized spacial score (nSPS) is 10.2. The van der Waals surface area contributed by atoms with E-state index in [-0.39, 0.29) is 12.4 Å². The van der Waals surface area contributed by atoms with Gasteiger partial charge in [0.25, 0.3) is 0 Å². The van der Waals surface area contributed by atoms with Crippen LogP contribution in [0, 0.1) is 0 Å². The first-order valence-electron chi connectivity index (χ1n) is 6.41. The van der Waals surface area contributed by atoms with E-state index < -0.39 is 0 Å². The number of nitrogen functional groups attached to an aromatic ring is 1. The zero-order valence-electron chi connectivity index (χ0n) is 11.9. The second kappa shape index (κ2) is 6.28. The second-order valence-corrected chi connectivity index (χ2v) is 4.55. The molecule has 3 N–H and O–H groups in total. The van der Waals surface area contributed by atoms with E-state index in [0.717, 1.165) is 5.56 Å². The molecule has 0 aliphatic carbocycles. The number of ketones is 1. The lowest BCUT2D eigenvalue weighted by molar-refractivity contribution is 0.101.